The van der Waals surface area contributed by atoms with Crippen LogP contribution in [0.3, 0.4) is 0 Å². The van der Waals surface area contributed by atoms with E-state index in [0.29, 0.717) is 5.78 Å². The summed E-state index contributed by atoms with van der Waals surface area (Å²) in [5.74, 6) is 0.694. The summed E-state index contributed by atoms with van der Waals surface area (Å²) in [5, 5.41) is 0.749. The van der Waals surface area contributed by atoms with E-state index in [0.717, 1.165) is 38.1 Å². The number of thioether (sulfide) groups is 2. The zero-order chi connectivity index (χ0) is 19.0. The van der Waals surface area contributed by atoms with Crippen molar-refractivity contribution in [3.8, 4) is 22.5 Å². The van der Waals surface area contributed by atoms with E-state index < -0.39 is 0 Å². The van der Waals surface area contributed by atoms with Crippen molar-refractivity contribution in [3.05, 3.63) is 65.4 Å². The fourth-order valence-electron chi connectivity index (χ4n) is 3.06. The van der Waals surface area contributed by atoms with Crippen molar-refractivity contribution >= 4 is 40.9 Å². The molecule has 0 atom stereocenters. The molecule has 2 heterocycles. The summed E-state index contributed by atoms with van der Waals surface area (Å²) in [6, 6.07) is 16.6. The van der Waals surface area contributed by atoms with E-state index in [1.54, 1.807) is 23.5 Å². The Kier molecular flexibility index (Phi) is 5.17. The normalized spacial score (nSPS) is 11.3. The first-order valence-corrected chi connectivity index (χ1v) is 11.3. The molecule has 136 valence electrons. The Morgan fingerprint density at radius 2 is 1.63 bits per heavy atom. The second kappa shape index (κ2) is 7.58. The van der Waals surface area contributed by atoms with Gasteiger partial charge in [-0.1, -0.05) is 29.8 Å². The van der Waals surface area contributed by atoms with Crippen molar-refractivity contribution in [3.63, 3.8) is 0 Å². The maximum absolute atomic E-state index is 6.49. The zero-order valence-electron chi connectivity index (χ0n) is 15.2. The summed E-state index contributed by atoms with van der Waals surface area (Å²) in [7, 11) is 0. The van der Waals surface area contributed by atoms with E-state index in [-0.39, 0.29) is 0 Å². The smallest absolute Gasteiger partial charge is 0.235 e. The molecule has 0 amide bonds. The van der Waals surface area contributed by atoms with Crippen LogP contribution in [-0.2, 0) is 0 Å². The van der Waals surface area contributed by atoms with Crippen LogP contribution in [0.1, 0.15) is 5.69 Å². The van der Waals surface area contributed by atoms with Gasteiger partial charge in [0.05, 0.1) is 16.4 Å². The van der Waals surface area contributed by atoms with E-state index in [1.807, 2.05) is 35.9 Å². The molecule has 0 saturated carbocycles. The van der Waals surface area contributed by atoms with E-state index in [9.17, 15) is 0 Å². The first-order chi connectivity index (χ1) is 13.1. The highest BCUT2D eigenvalue weighted by molar-refractivity contribution is 7.98. The summed E-state index contributed by atoms with van der Waals surface area (Å²) >= 11 is 9.86. The SMILES string of the molecule is CSc1ccc(-c2nc3nc(C)ccn3c2-c2ccc(SC)c(Cl)c2)cc1. The molecule has 0 N–H and O–H groups in total. The van der Waals surface area contributed by atoms with Crippen LogP contribution < -0.4 is 0 Å². The molecule has 4 rings (SSSR count). The van der Waals surface area contributed by atoms with Gasteiger partial charge in [0, 0.05) is 32.8 Å². The molecule has 0 fully saturated rings. The van der Waals surface area contributed by atoms with Gasteiger partial charge in [0.2, 0.25) is 5.78 Å². The monoisotopic (exact) mass is 411 g/mol. The van der Waals surface area contributed by atoms with E-state index >= 15 is 0 Å². The lowest BCUT2D eigenvalue weighted by Crippen LogP contribution is -1.93. The average molecular weight is 412 g/mol. The Morgan fingerprint density at radius 1 is 0.889 bits per heavy atom. The molecule has 0 spiro atoms. The number of imidazole rings is 1. The quantitative estimate of drug-likeness (QED) is 0.360. The largest absolute Gasteiger partial charge is 0.283 e. The number of aromatic nitrogens is 3. The van der Waals surface area contributed by atoms with Crippen molar-refractivity contribution < 1.29 is 0 Å². The maximum Gasteiger partial charge on any atom is 0.235 e. The van der Waals surface area contributed by atoms with Gasteiger partial charge >= 0.3 is 0 Å². The van der Waals surface area contributed by atoms with Crippen LogP contribution in [0.5, 0.6) is 0 Å². The standard InChI is InChI=1S/C21H18ClN3S2/c1-13-10-11-25-20(15-6-9-18(27-3)17(22)12-15)19(24-21(25)23-13)14-4-7-16(26-2)8-5-14/h4-12H,1-3H3. The summed E-state index contributed by atoms with van der Waals surface area (Å²) in [6.45, 7) is 1.98. The van der Waals surface area contributed by atoms with Crippen LogP contribution >= 0.6 is 35.1 Å². The molecular formula is C21H18ClN3S2. The molecule has 0 aliphatic heterocycles. The molecule has 6 heteroatoms. The molecule has 0 aliphatic rings. The average Bonchev–Trinajstić information content (AvgIpc) is 3.06. The van der Waals surface area contributed by atoms with Crippen molar-refractivity contribution in [2.45, 2.75) is 16.7 Å². The Hall–Kier alpha value is -1.95. The topological polar surface area (TPSA) is 30.2 Å². The number of aryl methyl sites for hydroxylation is 1. The van der Waals surface area contributed by atoms with E-state index in [1.165, 1.54) is 4.90 Å². The predicted octanol–water partition coefficient (Wildman–Crippen LogP) is 6.47. The van der Waals surface area contributed by atoms with Crippen molar-refractivity contribution in [1.29, 1.82) is 0 Å². The van der Waals surface area contributed by atoms with Crippen LogP contribution in [0.4, 0.5) is 0 Å². The fourth-order valence-corrected chi connectivity index (χ4v) is 4.34. The van der Waals surface area contributed by atoms with Gasteiger partial charge in [-0.15, -0.1) is 23.5 Å². The summed E-state index contributed by atoms with van der Waals surface area (Å²) < 4.78 is 2.04. The highest BCUT2D eigenvalue weighted by Gasteiger charge is 2.18. The molecule has 0 saturated heterocycles. The molecule has 2 aromatic heterocycles. The third-order valence-electron chi connectivity index (χ3n) is 4.42. The number of nitrogens with zero attached hydrogens (tertiary/aromatic N) is 3. The van der Waals surface area contributed by atoms with Crippen molar-refractivity contribution in [2.24, 2.45) is 0 Å². The number of rotatable bonds is 4. The van der Waals surface area contributed by atoms with Crippen LogP contribution in [0.2, 0.25) is 5.02 Å². The van der Waals surface area contributed by atoms with Crippen LogP contribution in [-0.4, -0.2) is 26.9 Å². The summed E-state index contributed by atoms with van der Waals surface area (Å²) in [5.41, 5.74) is 4.95. The van der Waals surface area contributed by atoms with Crippen molar-refractivity contribution in [2.75, 3.05) is 12.5 Å². The van der Waals surface area contributed by atoms with Gasteiger partial charge < -0.3 is 0 Å². The Balaban J connectivity index is 1.97. The molecule has 2 aromatic carbocycles. The molecule has 0 bridgehead atoms. The molecular weight excluding hydrogens is 394 g/mol. The number of halogens is 1. The zero-order valence-corrected chi connectivity index (χ0v) is 17.6. The molecule has 27 heavy (non-hydrogen) atoms. The molecule has 4 aromatic rings. The Morgan fingerprint density at radius 3 is 2.30 bits per heavy atom. The van der Waals surface area contributed by atoms with E-state index in [4.69, 9.17) is 16.6 Å². The first kappa shape index (κ1) is 18.4. The third kappa shape index (κ3) is 3.47. The minimum absolute atomic E-state index is 0.694. The van der Waals surface area contributed by atoms with Crippen molar-refractivity contribution in [1.82, 2.24) is 14.4 Å². The predicted molar refractivity (Wildman–Crippen MR) is 117 cm³/mol. The fraction of sp³-hybridized carbons (Fsp3) is 0.143. The van der Waals surface area contributed by atoms with Gasteiger partial charge in [0.25, 0.3) is 0 Å². The molecule has 0 unspecified atom stereocenters. The van der Waals surface area contributed by atoms with Gasteiger partial charge in [-0.3, -0.25) is 4.40 Å². The Labute approximate surface area is 172 Å². The lowest BCUT2D eigenvalue weighted by Gasteiger charge is -2.08. The minimum atomic E-state index is 0.694. The third-order valence-corrected chi connectivity index (χ3v) is 6.39. The van der Waals surface area contributed by atoms with E-state index in [2.05, 4.69) is 47.6 Å². The second-order valence-corrected chi connectivity index (χ2v) is 8.26. The molecule has 0 aliphatic carbocycles. The lowest BCUT2D eigenvalue weighted by atomic mass is 10.0. The summed E-state index contributed by atoms with van der Waals surface area (Å²) in [6.07, 6.45) is 6.13. The van der Waals surface area contributed by atoms with Gasteiger partial charge in [-0.05, 0) is 49.8 Å². The molecule has 0 radical (unpaired) electrons. The number of benzene rings is 2. The minimum Gasteiger partial charge on any atom is -0.283 e. The van der Waals surface area contributed by atoms with Gasteiger partial charge in [-0.2, -0.15) is 0 Å². The molecule has 3 nitrogen and oxygen atoms in total. The van der Waals surface area contributed by atoms with Crippen LogP contribution in [0, 0.1) is 6.92 Å². The second-order valence-electron chi connectivity index (χ2n) is 6.13. The van der Waals surface area contributed by atoms with Crippen LogP contribution in [0.15, 0.2) is 64.5 Å². The summed E-state index contributed by atoms with van der Waals surface area (Å²) in [4.78, 5) is 11.7. The highest BCUT2D eigenvalue weighted by Crippen LogP contribution is 2.36. The first-order valence-electron chi connectivity index (χ1n) is 8.44. The van der Waals surface area contributed by atoms with Gasteiger partial charge in [0.1, 0.15) is 0 Å². The maximum atomic E-state index is 6.49. The van der Waals surface area contributed by atoms with Crippen LogP contribution in [0.25, 0.3) is 28.3 Å². The number of hydrogen-bond donors (Lipinski definition) is 0. The lowest BCUT2D eigenvalue weighted by molar-refractivity contribution is 1.07. The Bertz CT molecular complexity index is 1120. The highest BCUT2D eigenvalue weighted by atomic mass is 35.5. The number of fused-ring (bicyclic) bond motifs is 1. The van der Waals surface area contributed by atoms with Gasteiger partial charge in [-0.25, -0.2) is 9.97 Å². The number of hydrogen-bond acceptors (Lipinski definition) is 4. The van der Waals surface area contributed by atoms with Gasteiger partial charge in [0.15, 0.2) is 0 Å².